The Balaban J connectivity index is 2.70. The second-order valence-corrected chi connectivity index (χ2v) is 5.76. The van der Waals surface area contributed by atoms with E-state index in [1.165, 1.54) is 19.1 Å². The van der Waals surface area contributed by atoms with E-state index in [9.17, 15) is 14.0 Å². The van der Waals surface area contributed by atoms with Gasteiger partial charge >= 0.3 is 5.97 Å². The third-order valence-corrected chi connectivity index (χ3v) is 2.58. The molecule has 4 nitrogen and oxygen atoms in total. The van der Waals surface area contributed by atoms with E-state index in [1.54, 1.807) is 20.8 Å². The van der Waals surface area contributed by atoms with E-state index >= 15 is 0 Å². The van der Waals surface area contributed by atoms with Gasteiger partial charge < -0.3 is 10.1 Å². The molecular formula is C14H17ClFNO3. The molecule has 0 radical (unpaired) electrons. The molecule has 0 heterocycles. The summed E-state index contributed by atoms with van der Waals surface area (Å²) in [5.41, 5.74) is -0.457. The van der Waals surface area contributed by atoms with Crippen LogP contribution in [-0.2, 0) is 9.53 Å². The number of nitrogens with one attached hydrogen (secondary N) is 1. The van der Waals surface area contributed by atoms with Gasteiger partial charge in [-0.05, 0) is 45.9 Å². The van der Waals surface area contributed by atoms with Crippen molar-refractivity contribution in [2.24, 2.45) is 0 Å². The molecule has 20 heavy (non-hydrogen) atoms. The van der Waals surface area contributed by atoms with Crippen LogP contribution in [0.3, 0.4) is 0 Å². The zero-order chi connectivity index (χ0) is 15.5. The number of esters is 1. The normalized spacial score (nSPS) is 12.7. The highest BCUT2D eigenvalue weighted by molar-refractivity contribution is 6.31. The van der Waals surface area contributed by atoms with Gasteiger partial charge in [-0.2, -0.15) is 0 Å². The molecular weight excluding hydrogens is 285 g/mol. The number of carbonyl (C=O) groups excluding carboxylic acids is 2. The van der Waals surface area contributed by atoms with Crippen molar-refractivity contribution in [3.8, 4) is 0 Å². The SMILES string of the molecule is C[C@@H](NC(=O)c1ccc(F)c(Cl)c1)C(=O)OC(C)(C)C. The predicted octanol–water partition coefficient (Wildman–Crippen LogP) is 2.94. The van der Waals surface area contributed by atoms with E-state index in [1.807, 2.05) is 0 Å². The summed E-state index contributed by atoms with van der Waals surface area (Å²) < 4.78 is 18.1. The molecule has 0 fully saturated rings. The van der Waals surface area contributed by atoms with Gasteiger partial charge in [0.25, 0.3) is 5.91 Å². The van der Waals surface area contributed by atoms with Crippen LogP contribution < -0.4 is 5.32 Å². The molecule has 1 amide bonds. The first-order valence-corrected chi connectivity index (χ1v) is 6.47. The average Bonchev–Trinajstić information content (AvgIpc) is 2.30. The summed E-state index contributed by atoms with van der Waals surface area (Å²) in [5, 5.41) is 2.32. The molecule has 0 unspecified atom stereocenters. The first-order chi connectivity index (χ1) is 9.10. The largest absolute Gasteiger partial charge is 0.458 e. The van der Waals surface area contributed by atoms with Crippen LogP contribution in [0, 0.1) is 5.82 Å². The maximum atomic E-state index is 13.0. The molecule has 0 saturated carbocycles. The molecule has 0 aliphatic rings. The molecule has 1 atom stereocenters. The van der Waals surface area contributed by atoms with Crippen LogP contribution in [-0.4, -0.2) is 23.5 Å². The number of halogens is 2. The van der Waals surface area contributed by atoms with Crippen molar-refractivity contribution in [2.45, 2.75) is 39.3 Å². The third kappa shape index (κ3) is 4.81. The van der Waals surface area contributed by atoms with Crippen molar-refractivity contribution < 1.29 is 18.7 Å². The summed E-state index contributed by atoms with van der Waals surface area (Å²) in [6, 6.07) is 2.77. The van der Waals surface area contributed by atoms with Crippen molar-refractivity contribution >= 4 is 23.5 Å². The van der Waals surface area contributed by atoms with Crippen LogP contribution in [0.15, 0.2) is 18.2 Å². The molecule has 0 aliphatic heterocycles. The fourth-order valence-electron chi connectivity index (χ4n) is 1.37. The smallest absolute Gasteiger partial charge is 0.328 e. The Morgan fingerprint density at radius 1 is 1.35 bits per heavy atom. The van der Waals surface area contributed by atoms with Crippen LogP contribution >= 0.6 is 11.6 Å². The molecule has 1 N–H and O–H groups in total. The van der Waals surface area contributed by atoms with Gasteiger partial charge in [0.2, 0.25) is 0 Å². The van der Waals surface area contributed by atoms with Gasteiger partial charge in [0.15, 0.2) is 0 Å². The Hall–Kier alpha value is -1.62. The van der Waals surface area contributed by atoms with Gasteiger partial charge in [0.1, 0.15) is 17.5 Å². The number of hydrogen-bond donors (Lipinski definition) is 1. The van der Waals surface area contributed by atoms with Gasteiger partial charge in [-0.3, -0.25) is 4.79 Å². The van der Waals surface area contributed by atoms with Gasteiger partial charge in [-0.1, -0.05) is 11.6 Å². The Labute approximate surface area is 122 Å². The van der Waals surface area contributed by atoms with Crippen molar-refractivity contribution in [2.75, 3.05) is 0 Å². The number of rotatable bonds is 3. The maximum Gasteiger partial charge on any atom is 0.328 e. The molecule has 0 bridgehead atoms. The monoisotopic (exact) mass is 301 g/mol. The van der Waals surface area contributed by atoms with Crippen LogP contribution in [0.2, 0.25) is 5.02 Å². The molecule has 1 aromatic rings. The number of carbonyl (C=O) groups is 2. The number of ether oxygens (including phenoxy) is 1. The topological polar surface area (TPSA) is 55.4 Å². The van der Waals surface area contributed by atoms with Crippen molar-refractivity contribution in [1.29, 1.82) is 0 Å². The first kappa shape index (κ1) is 16.4. The van der Waals surface area contributed by atoms with Crippen molar-refractivity contribution in [1.82, 2.24) is 5.32 Å². The van der Waals surface area contributed by atoms with Gasteiger partial charge in [0.05, 0.1) is 5.02 Å². The Morgan fingerprint density at radius 2 is 1.95 bits per heavy atom. The molecule has 1 aromatic carbocycles. The van der Waals surface area contributed by atoms with E-state index in [-0.39, 0.29) is 10.6 Å². The lowest BCUT2D eigenvalue weighted by atomic mass is 10.1. The maximum absolute atomic E-state index is 13.0. The van der Waals surface area contributed by atoms with E-state index < -0.39 is 29.3 Å². The zero-order valence-corrected chi connectivity index (χ0v) is 12.5. The second kappa shape index (κ2) is 6.22. The summed E-state index contributed by atoms with van der Waals surface area (Å²) in [6.45, 7) is 6.72. The fraction of sp³-hybridized carbons (Fsp3) is 0.429. The van der Waals surface area contributed by atoms with Gasteiger partial charge in [-0.25, -0.2) is 9.18 Å². The lowest BCUT2D eigenvalue weighted by Crippen LogP contribution is -2.42. The number of hydrogen-bond acceptors (Lipinski definition) is 3. The molecule has 0 aliphatic carbocycles. The molecule has 0 spiro atoms. The highest BCUT2D eigenvalue weighted by Crippen LogP contribution is 2.16. The van der Waals surface area contributed by atoms with E-state index in [0.717, 1.165) is 6.07 Å². The standard InChI is InChI=1S/C14H17ClFNO3/c1-8(13(19)20-14(2,3)4)17-12(18)9-5-6-11(16)10(15)7-9/h5-8H,1-4H3,(H,17,18)/t8-/m1/s1. The highest BCUT2D eigenvalue weighted by atomic mass is 35.5. The lowest BCUT2D eigenvalue weighted by Gasteiger charge is -2.22. The molecule has 1 rings (SSSR count). The molecule has 0 aromatic heterocycles. The lowest BCUT2D eigenvalue weighted by molar-refractivity contribution is -0.156. The quantitative estimate of drug-likeness (QED) is 0.873. The molecule has 6 heteroatoms. The minimum Gasteiger partial charge on any atom is -0.458 e. The highest BCUT2D eigenvalue weighted by Gasteiger charge is 2.23. The first-order valence-electron chi connectivity index (χ1n) is 6.09. The second-order valence-electron chi connectivity index (χ2n) is 5.36. The summed E-state index contributed by atoms with van der Waals surface area (Å²) in [5.74, 6) is -1.67. The zero-order valence-electron chi connectivity index (χ0n) is 11.8. The van der Waals surface area contributed by atoms with Crippen LogP contribution in [0.25, 0.3) is 0 Å². The van der Waals surface area contributed by atoms with Crippen LogP contribution in [0.4, 0.5) is 4.39 Å². The summed E-state index contributed by atoms with van der Waals surface area (Å²) in [4.78, 5) is 23.6. The minimum absolute atomic E-state index is 0.150. The number of amides is 1. The van der Waals surface area contributed by atoms with Crippen molar-refractivity contribution in [3.63, 3.8) is 0 Å². The average molecular weight is 302 g/mol. The summed E-state index contributed by atoms with van der Waals surface area (Å²) in [7, 11) is 0. The van der Waals surface area contributed by atoms with E-state index in [2.05, 4.69) is 5.32 Å². The fourth-order valence-corrected chi connectivity index (χ4v) is 1.55. The van der Waals surface area contributed by atoms with Crippen LogP contribution in [0.5, 0.6) is 0 Å². The number of benzene rings is 1. The predicted molar refractivity (Wildman–Crippen MR) is 74.2 cm³/mol. The molecule has 110 valence electrons. The van der Waals surface area contributed by atoms with E-state index in [4.69, 9.17) is 16.3 Å². The molecule has 0 saturated heterocycles. The summed E-state index contributed by atoms with van der Waals surface area (Å²) >= 11 is 5.60. The summed E-state index contributed by atoms with van der Waals surface area (Å²) in [6.07, 6.45) is 0. The van der Waals surface area contributed by atoms with Gasteiger partial charge in [0, 0.05) is 5.56 Å². The van der Waals surface area contributed by atoms with Crippen LogP contribution in [0.1, 0.15) is 38.1 Å². The van der Waals surface area contributed by atoms with E-state index in [0.29, 0.717) is 0 Å². The Bertz CT molecular complexity index is 526. The third-order valence-electron chi connectivity index (χ3n) is 2.29. The Kier molecular flexibility index (Phi) is 5.11. The van der Waals surface area contributed by atoms with Gasteiger partial charge in [-0.15, -0.1) is 0 Å². The Morgan fingerprint density at radius 3 is 2.45 bits per heavy atom. The minimum atomic E-state index is -0.814. The van der Waals surface area contributed by atoms with Crippen molar-refractivity contribution in [3.05, 3.63) is 34.6 Å².